The van der Waals surface area contributed by atoms with Crippen LogP contribution in [0.4, 0.5) is 4.79 Å². The van der Waals surface area contributed by atoms with Crippen LogP contribution in [0.1, 0.15) is 38.0 Å². The Bertz CT molecular complexity index is 521. The van der Waals surface area contributed by atoms with Crippen molar-refractivity contribution in [2.75, 3.05) is 0 Å². The third-order valence-corrected chi connectivity index (χ3v) is 2.75. The Morgan fingerprint density at radius 1 is 1.29 bits per heavy atom. The summed E-state index contributed by atoms with van der Waals surface area (Å²) in [6, 6.07) is 5.16. The number of carbonyl (C=O) groups excluding carboxylic acids is 2. The number of rotatable bonds is 4. The van der Waals surface area contributed by atoms with E-state index in [2.05, 4.69) is 5.32 Å². The summed E-state index contributed by atoms with van der Waals surface area (Å²) in [4.78, 5) is 22.8. The smallest absolute Gasteiger partial charge is 0.408 e. The maximum atomic E-state index is 11.7. The van der Waals surface area contributed by atoms with Gasteiger partial charge in [-0.2, -0.15) is 0 Å². The Kier molecular flexibility index (Phi) is 5.32. The summed E-state index contributed by atoms with van der Waals surface area (Å²) in [7, 11) is 0. The lowest BCUT2D eigenvalue weighted by Gasteiger charge is -2.28. The molecule has 0 fully saturated rings. The van der Waals surface area contributed by atoms with Gasteiger partial charge in [-0.15, -0.1) is 0 Å². The van der Waals surface area contributed by atoms with Crippen LogP contribution in [0.25, 0.3) is 0 Å². The molecule has 0 heterocycles. The number of aliphatic hydroxyl groups is 1. The molecule has 0 aromatic heterocycles. The van der Waals surface area contributed by atoms with Gasteiger partial charge in [0.15, 0.2) is 0 Å². The molecule has 0 aliphatic heterocycles. The number of hydrogen-bond acceptors (Lipinski definition) is 5. The molecular weight excluding hydrogens is 274 g/mol. The first-order valence-corrected chi connectivity index (χ1v) is 6.56. The van der Waals surface area contributed by atoms with Crippen LogP contribution in [0.3, 0.4) is 0 Å². The van der Waals surface area contributed by atoms with Crippen LogP contribution in [-0.2, 0) is 9.53 Å². The highest BCUT2D eigenvalue weighted by atomic mass is 16.6. The number of nitrogens with one attached hydrogen (secondary N) is 1. The van der Waals surface area contributed by atoms with Crippen molar-refractivity contribution in [3.05, 3.63) is 35.4 Å². The summed E-state index contributed by atoms with van der Waals surface area (Å²) in [6.07, 6.45) is -2.35. The summed E-state index contributed by atoms with van der Waals surface area (Å²) >= 11 is 0. The third-order valence-electron chi connectivity index (χ3n) is 2.75. The summed E-state index contributed by atoms with van der Waals surface area (Å²) < 4.78 is 4.98. The number of aliphatic hydroxyl groups excluding tert-OH is 1. The molecule has 116 valence electrons. The van der Waals surface area contributed by atoms with Crippen molar-refractivity contribution in [2.45, 2.75) is 45.4 Å². The molecule has 6 heteroatoms. The number of benzene rings is 1. The number of hydrogen-bond donors (Lipinski definition) is 2. The van der Waals surface area contributed by atoms with Crippen LogP contribution >= 0.6 is 0 Å². The fraction of sp³-hybridized carbons (Fsp3) is 0.467. The highest BCUT2D eigenvalue weighted by Crippen LogP contribution is 2.20. The van der Waals surface area contributed by atoms with Crippen LogP contribution in [0.2, 0.25) is 0 Å². The number of carboxylic acid groups (broad SMARTS) is 1. The van der Waals surface area contributed by atoms with Gasteiger partial charge >= 0.3 is 6.09 Å². The van der Waals surface area contributed by atoms with Crippen molar-refractivity contribution in [3.8, 4) is 0 Å². The van der Waals surface area contributed by atoms with Gasteiger partial charge in [0.05, 0.1) is 5.97 Å². The van der Waals surface area contributed by atoms with Crippen molar-refractivity contribution < 1.29 is 24.5 Å². The van der Waals surface area contributed by atoms with Gasteiger partial charge in [-0.1, -0.05) is 24.3 Å². The molecule has 0 saturated carbocycles. The van der Waals surface area contributed by atoms with Gasteiger partial charge in [0.25, 0.3) is 0 Å². The van der Waals surface area contributed by atoms with Crippen LogP contribution in [0, 0.1) is 6.92 Å². The lowest BCUT2D eigenvalue weighted by molar-refractivity contribution is -0.310. The van der Waals surface area contributed by atoms with Gasteiger partial charge < -0.3 is 25.1 Å². The highest BCUT2D eigenvalue weighted by molar-refractivity contribution is 5.79. The maximum Gasteiger partial charge on any atom is 0.408 e. The topological polar surface area (TPSA) is 98.7 Å². The number of ether oxygens (including phenoxy) is 1. The molecule has 2 atom stereocenters. The largest absolute Gasteiger partial charge is 0.548 e. The van der Waals surface area contributed by atoms with E-state index >= 15 is 0 Å². The van der Waals surface area contributed by atoms with Crippen molar-refractivity contribution in [3.63, 3.8) is 0 Å². The molecule has 1 amide bonds. The van der Waals surface area contributed by atoms with E-state index in [-0.39, 0.29) is 0 Å². The van der Waals surface area contributed by atoms with E-state index in [9.17, 15) is 19.8 Å². The molecular formula is C15H20NO5-. The maximum absolute atomic E-state index is 11.7. The molecule has 0 aliphatic carbocycles. The second kappa shape index (κ2) is 6.58. The minimum atomic E-state index is -1.60. The van der Waals surface area contributed by atoms with Crippen molar-refractivity contribution in [2.24, 2.45) is 0 Å². The van der Waals surface area contributed by atoms with E-state index in [1.54, 1.807) is 52.0 Å². The van der Waals surface area contributed by atoms with E-state index in [1.807, 2.05) is 0 Å². The third kappa shape index (κ3) is 5.07. The molecule has 0 unspecified atom stereocenters. The molecule has 21 heavy (non-hydrogen) atoms. The van der Waals surface area contributed by atoms with Crippen LogP contribution in [-0.4, -0.2) is 28.8 Å². The molecule has 0 bridgehead atoms. The van der Waals surface area contributed by atoms with Crippen LogP contribution in [0.15, 0.2) is 24.3 Å². The van der Waals surface area contributed by atoms with Gasteiger partial charge in [0.1, 0.15) is 17.7 Å². The molecule has 1 rings (SSSR count). The SMILES string of the molecule is Cc1ccccc1[C@H](O)[C@@H](NC(=O)OC(C)(C)C)C(=O)[O-]. The first kappa shape index (κ1) is 17.0. The molecule has 0 radical (unpaired) electrons. The monoisotopic (exact) mass is 294 g/mol. The van der Waals surface area contributed by atoms with Crippen molar-refractivity contribution in [1.82, 2.24) is 5.32 Å². The van der Waals surface area contributed by atoms with E-state index in [4.69, 9.17) is 4.74 Å². The number of carbonyl (C=O) groups is 2. The van der Waals surface area contributed by atoms with Gasteiger partial charge in [-0.3, -0.25) is 0 Å². The Hall–Kier alpha value is -2.08. The van der Waals surface area contributed by atoms with E-state index in [0.717, 1.165) is 0 Å². The second-order valence-corrected chi connectivity index (χ2v) is 5.74. The van der Waals surface area contributed by atoms with Crippen molar-refractivity contribution >= 4 is 12.1 Å². The number of aryl methyl sites for hydroxylation is 1. The summed E-state index contributed by atoms with van der Waals surface area (Å²) in [5.74, 6) is -1.59. The molecule has 0 saturated heterocycles. The standard InChI is InChI=1S/C15H21NO5/c1-9-7-5-6-8-10(9)12(17)11(13(18)19)16-14(20)21-15(2,3)4/h5-8,11-12,17H,1-4H3,(H,16,20)(H,18,19)/p-1/t11-,12+/m1/s1. The van der Waals surface area contributed by atoms with Gasteiger partial charge in [0.2, 0.25) is 0 Å². The van der Waals surface area contributed by atoms with Crippen molar-refractivity contribution in [1.29, 1.82) is 0 Å². The molecule has 2 N–H and O–H groups in total. The lowest BCUT2D eigenvalue weighted by atomic mass is 9.98. The Morgan fingerprint density at radius 2 is 1.86 bits per heavy atom. The zero-order chi connectivity index (χ0) is 16.2. The lowest BCUT2D eigenvalue weighted by Crippen LogP contribution is -2.52. The normalized spacial score (nSPS) is 14.1. The predicted octanol–water partition coefficient (Wildman–Crippen LogP) is 0.672. The molecule has 0 aliphatic rings. The fourth-order valence-corrected chi connectivity index (χ4v) is 1.80. The quantitative estimate of drug-likeness (QED) is 0.850. The average Bonchev–Trinajstić information content (AvgIpc) is 2.33. The first-order chi connectivity index (χ1) is 9.61. The molecule has 1 aromatic carbocycles. The van der Waals surface area contributed by atoms with Gasteiger partial charge in [-0.05, 0) is 38.8 Å². The Labute approximate surface area is 123 Å². The van der Waals surface area contributed by atoms with Crippen LogP contribution < -0.4 is 10.4 Å². The Balaban J connectivity index is 2.90. The Morgan fingerprint density at radius 3 is 2.33 bits per heavy atom. The number of carboxylic acids is 1. The minimum absolute atomic E-state index is 0.405. The molecule has 0 spiro atoms. The number of alkyl carbamates (subject to hydrolysis) is 1. The van der Waals surface area contributed by atoms with E-state index < -0.39 is 29.8 Å². The average molecular weight is 294 g/mol. The van der Waals surface area contributed by atoms with E-state index in [0.29, 0.717) is 11.1 Å². The number of aliphatic carboxylic acids is 1. The molecule has 1 aromatic rings. The van der Waals surface area contributed by atoms with Gasteiger partial charge in [0, 0.05) is 0 Å². The van der Waals surface area contributed by atoms with Gasteiger partial charge in [-0.25, -0.2) is 4.79 Å². The zero-order valence-corrected chi connectivity index (χ0v) is 12.5. The predicted molar refractivity (Wildman–Crippen MR) is 74.3 cm³/mol. The molecule has 6 nitrogen and oxygen atoms in total. The second-order valence-electron chi connectivity index (χ2n) is 5.74. The summed E-state index contributed by atoms with van der Waals surface area (Å²) in [5, 5.41) is 23.5. The first-order valence-electron chi connectivity index (χ1n) is 6.56. The number of amides is 1. The summed E-state index contributed by atoms with van der Waals surface area (Å²) in [5.41, 5.74) is 0.346. The zero-order valence-electron chi connectivity index (χ0n) is 12.5. The highest BCUT2D eigenvalue weighted by Gasteiger charge is 2.27. The summed E-state index contributed by atoms with van der Waals surface area (Å²) in [6.45, 7) is 6.69. The minimum Gasteiger partial charge on any atom is -0.548 e. The van der Waals surface area contributed by atoms with E-state index in [1.165, 1.54) is 0 Å². The fourth-order valence-electron chi connectivity index (χ4n) is 1.80. The van der Waals surface area contributed by atoms with Crippen LogP contribution in [0.5, 0.6) is 0 Å².